The molecule has 92 valence electrons. The quantitative estimate of drug-likeness (QED) is 0.847. The Kier molecular flexibility index (Phi) is 3.21. The number of benzene rings is 1. The van der Waals surface area contributed by atoms with E-state index in [4.69, 9.17) is 0 Å². The molecule has 2 rings (SSSR count). The minimum atomic E-state index is -1.06. The van der Waals surface area contributed by atoms with Crippen LogP contribution in [0.1, 0.15) is 31.2 Å². The van der Waals surface area contributed by atoms with Crippen molar-refractivity contribution in [3.63, 3.8) is 0 Å². The number of hydrogen-bond donors (Lipinski definition) is 1. The lowest BCUT2D eigenvalue weighted by Gasteiger charge is -2.24. The summed E-state index contributed by atoms with van der Waals surface area (Å²) in [5, 5.41) is 9.34. The van der Waals surface area contributed by atoms with E-state index in [1.54, 1.807) is 0 Å². The number of halogens is 3. The van der Waals surface area contributed by atoms with E-state index in [-0.39, 0.29) is 4.47 Å². The van der Waals surface area contributed by atoms with E-state index < -0.39 is 23.0 Å². The van der Waals surface area contributed by atoms with Gasteiger partial charge in [-0.1, -0.05) is 12.8 Å². The molecule has 0 atom stereocenters. The number of rotatable bonds is 2. The van der Waals surface area contributed by atoms with Gasteiger partial charge in [0.05, 0.1) is 9.89 Å². The van der Waals surface area contributed by atoms with Crippen molar-refractivity contribution in [1.29, 1.82) is 0 Å². The van der Waals surface area contributed by atoms with E-state index in [2.05, 4.69) is 15.9 Å². The van der Waals surface area contributed by atoms with Crippen LogP contribution in [0.3, 0.4) is 0 Å². The highest BCUT2D eigenvalue weighted by atomic mass is 79.9. The number of carbonyl (C=O) groups is 1. The van der Waals surface area contributed by atoms with Crippen LogP contribution in [0.25, 0.3) is 0 Å². The molecule has 1 aromatic rings. The lowest BCUT2D eigenvalue weighted by molar-refractivity contribution is -0.143. The molecular formula is C12H11BrF2O2. The fraction of sp³-hybridized carbons (Fsp3) is 0.417. The van der Waals surface area contributed by atoms with E-state index in [0.29, 0.717) is 18.4 Å². The molecule has 1 fully saturated rings. The molecule has 0 aromatic heterocycles. The van der Waals surface area contributed by atoms with Crippen molar-refractivity contribution < 1.29 is 18.7 Å². The molecule has 1 aliphatic rings. The van der Waals surface area contributed by atoms with E-state index >= 15 is 0 Å². The summed E-state index contributed by atoms with van der Waals surface area (Å²) in [5.74, 6) is -2.96. The lowest BCUT2D eigenvalue weighted by Crippen LogP contribution is -2.32. The van der Waals surface area contributed by atoms with Gasteiger partial charge in [-0.25, -0.2) is 8.78 Å². The van der Waals surface area contributed by atoms with Crippen LogP contribution in [0.5, 0.6) is 0 Å². The second-order valence-corrected chi connectivity index (χ2v) is 5.20. The van der Waals surface area contributed by atoms with Gasteiger partial charge < -0.3 is 5.11 Å². The van der Waals surface area contributed by atoms with Crippen LogP contribution in [0.4, 0.5) is 8.78 Å². The van der Waals surface area contributed by atoms with Gasteiger partial charge in [0.1, 0.15) is 0 Å². The maximum atomic E-state index is 13.3. The molecule has 5 heteroatoms. The van der Waals surface area contributed by atoms with E-state index in [0.717, 1.165) is 18.9 Å². The van der Waals surface area contributed by atoms with Gasteiger partial charge in [-0.15, -0.1) is 0 Å². The summed E-state index contributed by atoms with van der Waals surface area (Å²) in [4.78, 5) is 11.4. The highest BCUT2D eigenvalue weighted by Crippen LogP contribution is 2.42. The Morgan fingerprint density at radius 1 is 1.29 bits per heavy atom. The molecule has 1 saturated carbocycles. The van der Waals surface area contributed by atoms with Crippen molar-refractivity contribution in [3.8, 4) is 0 Å². The smallest absolute Gasteiger partial charge is 0.314 e. The van der Waals surface area contributed by atoms with Crippen LogP contribution in [0.2, 0.25) is 0 Å². The van der Waals surface area contributed by atoms with E-state index in [9.17, 15) is 18.7 Å². The Morgan fingerprint density at radius 2 is 1.88 bits per heavy atom. The van der Waals surface area contributed by atoms with Gasteiger partial charge in [-0.05, 0) is 46.5 Å². The van der Waals surface area contributed by atoms with Crippen molar-refractivity contribution >= 4 is 21.9 Å². The van der Waals surface area contributed by atoms with Crippen molar-refractivity contribution in [2.45, 2.75) is 31.1 Å². The summed E-state index contributed by atoms with van der Waals surface area (Å²) in [6.45, 7) is 0. The standard InChI is InChI=1S/C12H11BrF2O2/c13-8-5-7(6-9(14)10(8)15)12(11(16)17)3-1-2-4-12/h5-6H,1-4H2,(H,16,17). The lowest BCUT2D eigenvalue weighted by atomic mass is 9.79. The molecule has 0 aliphatic heterocycles. The molecule has 0 saturated heterocycles. The summed E-state index contributed by atoms with van der Waals surface area (Å²) in [6.07, 6.45) is 2.53. The maximum absolute atomic E-state index is 13.3. The number of hydrogen-bond acceptors (Lipinski definition) is 1. The monoisotopic (exact) mass is 304 g/mol. The van der Waals surface area contributed by atoms with Crippen molar-refractivity contribution in [2.24, 2.45) is 0 Å². The average molecular weight is 305 g/mol. The van der Waals surface area contributed by atoms with Crippen molar-refractivity contribution in [1.82, 2.24) is 0 Å². The summed E-state index contributed by atoms with van der Waals surface area (Å²) in [7, 11) is 0. The first-order valence-corrected chi connectivity index (χ1v) is 6.15. The Hall–Kier alpha value is -0.970. The summed E-state index contributed by atoms with van der Waals surface area (Å²) >= 11 is 2.91. The van der Waals surface area contributed by atoms with Crippen LogP contribution in [0, 0.1) is 11.6 Å². The molecule has 1 N–H and O–H groups in total. The first kappa shape index (κ1) is 12.5. The first-order chi connectivity index (χ1) is 7.97. The Morgan fingerprint density at radius 3 is 2.35 bits per heavy atom. The SMILES string of the molecule is O=C(O)C1(c2cc(F)c(F)c(Br)c2)CCCC1. The molecule has 0 radical (unpaired) electrons. The molecule has 0 amide bonds. The Labute approximate surface area is 106 Å². The highest BCUT2D eigenvalue weighted by Gasteiger charge is 2.43. The topological polar surface area (TPSA) is 37.3 Å². The van der Waals surface area contributed by atoms with Crippen LogP contribution >= 0.6 is 15.9 Å². The van der Waals surface area contributed by atoms with E-state index in [1.165, 1.54) is 6.07 Å². The summed E-state index contributed by atoms with van der Waals surface area (Å²) in [5.41, 5.74) is -0.717. The van der Waals surface area contributed by atoms with Crippen LogP contribution in [0.15, 0.2) is 16.6 Å². The third kappa shape index (κ3) is 1.97. The zero-order valence-electron chi connectivity index (χ0n) is 8.97. The normalized spacial score (nSPS) is 18.3. The number of carboxylic acids is 1. The molecule has 0 spiro atoms. The summed E-state index contributed by atoms with van der Waals surface area (Å²) < 4.78 is 26.5. The van der Waals surface area contributed by atoms with Crippen molar-refractivity contribution in [3.05, 3.63) is 33.8 Å². The highest BCUT2D eigenvalue weighted by molar-refractivity contribution is 9.10. The van der Waals surface area contributed by atoms with Crippen molar-refractivity contribution in [2.75, 3.05) is 0 Å². The molecule has 1 aromatic carbocycles. The minimum absolute atomic E-state index is 0.0278. The van der Waals surface area contributed by atoms with Gasteiger partial charge in [0, 0.05) is 0 Å². The molecule has 1 aliphatic carbocycles. The number of carboxylic acid groups (broad SMARTS) is 1. The third-order valence-corrected chi connectivity index (χ3v) is 3.98. The van der Waals surface area contributed by atoms with Crippen LogP contribution in [-0.4, -0.2) is 11.1 Å². The Balaban J connectivity index is 2.55. The zero-order chi connectivity index (χ0) is 12.6. The number of aliphatic carboxylic acids is 1. The minimum Gasteiger partial charge on any atom is -0.481 e. The largest absolute Gasteiger partial charge is 0.481 e. The molecule has 0 heterocycles. The van der Waals surface area contributed by atoms with Gasteiger partial charge in [0.2, 0.25) is 0 Å². The molecule has 17 heavy (non-hydrogen) atoms. The third-order valence-electron chi connectivity index (χ3n) is 3.40. The van der Waals surface area contributed by atoms with Gasteiger partial charge >= 0.3 is 5.97 Å². The van der Waals surface area contributed by atoms with E-state index in [1.807, 2.05) is 0 Å². The zero-order valence-corrected chi connectivity index (χ0v) is 10.6. The van der Waals surface area contributed by atoms with Crippen LogP contribution in [-0.2, 0) is 10.2 Å². The molecule has 2 nitrogen and oxygen atoms in total. The first-order valence-electron chi connectivity index (χ1n) is 5.36. The molecular weight excluding hydrogens is 294 g/mol. The molecule has 0 bridgehead atoms. The van der Waals surface area contributed by atoms with Gasteiger partial charge in [-0.2, -0.15) is 0 Å². The van der Waals surface area contributed by atoms with Gasteiger partial charge in [0.25, 0.3) is 0 Å². The van der Waals surface area contributed by atoms with Gasteiger partial charge in [-0.3, -0.25) is 4.79 Å². The average Bonchev–Trinajstić information content (AvgIpc) is 2.75. The van der Waals surface area contributed by atoms with Gasteiger partial charge in [0.15, 0.2) is 11.6 Å². The predicted molar refractivity (Wildman–Crippen MR) is 61.8 cm³/mol. The Bertz CT molecular complexity index is 445. The molecule has 0 unspecified atom stereocenters. The second kappa shape index (κ2) is 4.37. The second-order valence-electron chi connectivity index (χ2n) is 4.35. The maximum Gasteiger partial charge on any atom is 0.314 e. The predicted octanol–water partition coefficient (Wildman–Crippen LogP) is 3.62. The summed E-state index contributed by atoms with van der Waals surface area (Å²) in [6, 6.07) is 2.37. The fourth-order valence-corrected chi connectivity index (χ4v) is 2.87. The van der Waals surface area contributed by atoms with Crippen LogP contribution < -0.4 is 0 Å². The fourth-order valence-electron chi connectivity index (χ4n) is 2.44.